The lowest BCUT2D eigenvalue weighted by Crippen LogP contribution is -2.14. The first-order chi connectivity index (χ1) is 14.8. The standard InChI is InChI=1S/C22H23F3N4O2/c1-13-9-19-17(6-8-31-13)21(14-5-7-27-15(10-14)12-26)28-29(19)16-3-4-18(22(23,24)25)20(11-16)30-2/h3-5,7,10-11,13H,6,8-9,12,26H2,1-2H3/t13-/m1/s1. The van der Waals surface area contributed by atoms with Crippen LogP contribution in [0.2, 0.25) is 0 Å². The highest BCUT2D eigenvalue weighted by Crippen LogP contribution is 2.38. The number of aromatic nitrogens is 3. The third-order valence-electron chi connectivity index (χ3n) is 5.36. The quantitative estimate of drug-likeness (QED) is 0.676. The fourth-order valence-corrected chi connectivity index (χ4v) is 3.88. The van der Waals surface area contributed by atoms with Crippen molar-refractivity contribution in [3.05, 3.63) is 59.0 Å². The van der Waals surface area contributed by atoms with Gasteiger partial charge < -0.3 is 15.2 Å². The number of nitrogens with two attached hydrogens (primary N) is 1. The van der Waals surface area contributed by atoms with Crippen LogP contribution in [0.1, 0.15) is 29.4 Å². The molecule has 1 aliphatic rings. The second kappa shape index (κ2) is 8.32. The molecule has 0 spiro atoms. The molecule has 0 saturated carbocycles. The van der Waals surface area contributed by atoms with E-state index in [0.717, 1.165) is 34.3 Å². The molecule has 0 unspecified atom stereocenters. The van der Waals surface area contributed by atoms with Crippen molar-refractivity contribution in [2.24, 2.45) is 5.73 Å². The van der Waals surface area contributed by atoms with Gasteiger partial charge in [-0.05, 0) is 37.6 Å². The number of pyridine rings is 1. The molecule has 2 N–H and O–H groups in total. The Kier molecular flexibility index (Phi) is 5.72. The first kappa shape index (κ1) is 21.3. The number of ether oxygens (including phenoxy) is 2. The molecule has 164 valence electrons. The molecule has 1 aliphatic heterocycles. The zero-order chi connectivity index (χ0) is 22.2. The smallest absolute Gasteiger partial charge is 0.419 e. The Morgan fingerprint density at radius 2 is 2.06 bits per heavy atom. The van der Waals surface area contributed by atoms with Gasteiger partial charge in [-0.2, -0.15) is 18.3 Å². The number of rotatable bonds is 4. The van der Waals surface area contributed by atoms with Crippen LogP contribution in [0, 0.1) is 0 Å². The van der Waals surface area contributed by atoms with Gasteiger partial charge in [-0.3, -0.25) is 4.98 Å². The monoisotopic (exact) mass is 432 g/mol. The van der Waals surface area contributed by atoms with Crippen LogP contribution in [-0.2, 0) is 30.3 Å². The van der Waals surface area contributed by atoms with E-state index in [4.69, 9.17) is 20.3 Å². The summed E-state index contributed by atoms with van der Waals surface area (Å²) < 4.78 is 52.5. The van der Waals surface area contributed by atoms with Gasteiger partial charge in [0, 0.05) is 36.4 Å². The van der Waals surface area contributed by atoms with Crippen molar-refractivity contribution in [2.45, 2.75) is 38.6 Å². The highest BCUT2D eigenvalue weighted by atomic mass is 19.4. The van der Waals surface area contributed by atoms with Gasteiger partial charge in [0.25, 0.3) is 0 Å². The number of halogens is 3. The first-order valence-electron chi connectivity index (χ1n) is 9.95. The summed E-state index contributed by atoms with van der Waals surface area (Å²) in [5.41, 5.74) is 9.68. The Morgan fingerprint density at radius 3 is 2.77 bits per heavy atom. The fraction of sp³-hybridized carbons (Fsp3) is 0.364. The maximum absolute atomic E-state index is 13.3. The van der Waals surface area contributed by atoms with Crippen LogP contribution in [0.25, 0.3) is 16.9 Å². The van der Waals surface area contributed by atoms with Crippen LogP contribution in [0.5, 0.6) is 5.75 Å². The van der Waals surface area contributed by atoms with E-state index in [1.165, 1.54) is 19.2 Å². The maximum Gasteiger partial charge on any atom is 0.419 e. The van der Waals surface area contributed by atoms with E-state index >= 15 is 0 Å². The maximum atomic E-state index is 13.3. The van der Waals surface area contributed by atoms with Gasteiger partial charge in [-0.15, -0.1) is 0 Å². The second-order valence-corrected chi connectivity index (χ2v) is 7.44. The molecule has 9 heteroatoms. The number of nitrogens with zero attached hydrogens (tertiary/aromatic N) is 3. The normalized spacial score (nSPS) is 16.6. The lowest BCUT2D eigenvalue weighted by atomic mass is 10.0. The number of fused-ring (bicyclic) bond motifs is 1. The van der Waals surface area contributed by atoms with Crippen LogP contribution >= 0.6 is 0 Å². The predicted octanol–water partition coefficient (Wildman–Crippen LogP) is 3.92. The molecule has 6 nitrogen and oxygen atoms in total. The molecule has 1 aromatic carbocycles. The first-order valence-corrected chi connectivity index (χ1v) is 9.95. The average Bonchev–Trinajstić information content (AvgIpc) is 2.99. The largest absolute Gasteiger partial charge is 0.496 e. The minimum atomic E-state index is -4.51. The number of benzene rings is 1. The summed E-state index contributed by atoms with van der Waals surface area (Å²) in [5.74, 6) is -0.247. The van der Waals surface area contributed by atoms with E-state index in [1.54, 1.807) is 10.9 Å². The highest BCUT2D eigenvalue weighted by Gasteiger charge is 2.35. The Labute approximate surface area is 177 Å². The van der Waals surface area contributed by atoms with E-state index in [9.17, 15) is 13.2 Å². The lowest BCUT2D eigenvalue weighted by molar-refractivity contribution is -0.138. The summed E-state index contributed by atoms with van der Waals surface area (Å²) in [6.45, 7) is 2.81. The molecular weight excluding hydrogens is 409 g/mol. The molecule has 3 aromatic rings. The summed E-state index contributed by atoms with van der Waals surface area (Å²) >= 11 is 0. The van der Waals surface area contributed by atoms with Crippen molar-refractivity contribution in [1.82, 2.24) is 14.8 Å². The molecule has 0 bridgehead atoms. The van der Waals surface area contributed by atoms with E-state index in [0.29, 0.717) is 31.7 Å². The van der Waals surface area contributed by atoms with Crippen LogP contribution in [0.4, 0.5) is 13.2 Å². The Hall–Kier alpha value is -2.91. The summed E-state index contributed by atoms with van der Waals surface area (Å²) in [5, 5.41) is 4.81. The molecule has 0 fully saturated rings. The molecule has 3 heterocycles. The van der Waals surface area contributed by atoms with Crippen LogP contribution in [-0.4, -0.2) is 34.6 Å². The molecule has 4 rings (SSSR count). The van der Waals surface area contributed by atoms with Crippen LogP contribution < -0.4 is 10.5 Å². The SMILES string of the molecule is COc1cc(-n2nc(-c3ccnc(CN)c3)c3c2C[C@@H](C)OCC3)ccc1C(F)(F)F. The topological polar surface area (TPSA) is 75.2 Å². The summed E-state index contributed by atoms with van der Waals surface area (Å²) in [6.07, 6.45) is -1.64. The highest BCUT2D eigenvalue weighted by molar-refractivity contribution is 5.65. The van der Waals surface area contributed by atoms with Gasteiger partial charge in [0.2, 0.25) is 0 Å². The molecule has 0 amide bonds. The van der Waals surface area contributed by atoms with Crippen LogP contribution in [0.15, 0.2) is 36.5 Å². The van der Waals surface area contributed by atoms with Gasteiger partial charge in [-0.25, -0.2) is 4.68 Å². The molecule has 0 aliphatic carbocycles. The molecule has 1 atom stereocenters. The Morgan fingerprint density at radius 1 is 1.26 bits per heavy atom. The zero-order valence-electron chi connectivity index (χ0n) is 17.2. The molecular formula is C22H23F3N4O2. The van der Waals surface area contributed by atoms with Crippen molar-refractivity contribution in [3.63, 3.8) is 0 Å². The molecule has 0 saturated heterocycles. The number of alkyl halides is 3. The Bertz CT molecular complexity index is 1090. The second-order valence-electron chi connectivity index (χ2n) is 7.44. The number of hydrogen-bond acceptors (Lipinski definition) is 5. The zero-order valence-corrected chi connectivity index (χ0v) is 17.2. The Balaban J connectivity index is 1.89. The summed E-state index contributed by atoms with van der Waals surface area (Å²) in [7, 11) is 1.23. The third-order valence-corrected chi connectivity index (χ3v) is 5.36. The summed E-state index contributed by atoms with van der Waals surface area (Å²) in [6, 6.07) is 7.55. The van der Waals surface area contributed by atoms with Gasteiger partial charge in [0.15, 0.2) is 0 Å². The third kappa shape index (κ3) is 4.15. The van der Waals surface area contributed by atoms with E-state index in [2.05, 4.69) is 4.98 Å². The molecule has 0 radical (unpaired) electrons. The molecule has 2 aromatic heterocycles. The van der Waals surface area contributed by atoms with Crippen molar-refractivity contribution >= 4 is 0 Å². The lowest BCUT2D eigenvalue weighted by Gasteiger charge is -2.15. The average molecular weight is 432 g/mol. The van der Waals surface area contributed by atoms with Crippen LogP contribution in [0.3, 0.4) is 0 Å². The summed E-state index contributed by atoms with van der Waals surface area (Å²) in [4.78, 5) is 4.24. The molecule has 31 heavy (non-hydrogen) atoms. The number of hydrogen-bond donors (Lipinski definition) is 1. The minimum absolute atomic E-state index is 0.0436. The minimum Gasteiger partial charge on any atom is -0.496 e. The van der Waals surface area contributed by atoms with E-state index in [1.807, 2.05) is 19.1 Å². The fourth-order valence-electron chi connectivity index (χ4n) is 3.88. The van der Waals surface area contributed by atoms with Crippen molar-refractivity contribution in [3.8, 4) is 22.7 Å². The predicted molar refractivity (Wildman–Crippen MR) is 109 cm³/mol. The van der Waals surface area contributed by atoms with Gasteiger partial charge >= 0.3 is 6.18 Å². The van der Waals surface area contributed by atoms with E-state index < -0.39 is 11.7 Å². The van der Waals surface area contributed by atoms with Gasteiger partial charge in [-0.1, -0.05) is 0 Å². The van der Waals surface area contributed by atoms with Crippen molar-refractivity contribution in [1.29, 1.82) is 0 Å². The van der Waals surface area contributed by atoms with Gasteiger partial charge in [0.1, 0.15) is 5.75 Å². The van der Waals surface area contributed by atoms with Gasteiger partial charge in [0.05, 0.1) is 48.2 Å². The number of methoxy groups -OCH3 is 1. The van der Waals surface area contributed by atoms with Crippen molar-refractivity contribution in [2.75, 3.05) is 13.7 Å². The van der Waals surface area contributed by atoms with E-state index in [-0.39, 0.29) is 11.9 Å². The van der Waals surface area contributed by atoms with Crippen molar-refractivity contribution < 1.29 is 22.6 Å².